The lowest BCUT2D eigenvalue weighted by atomic mass is 9.88. The average Bonchev–Trinajstić information content (AvgIpc) is 2.47. The van der Waals surface area contributed by atoms with Crippen LogP contribution in [0.25, 0.3) is 10.8 Å². The first-order chi connectivity index (χ1) is 10.1. The third-order valence-corrected chi connectivity index (χ3v) is 3.18. The van der Waals surface area contributed by atoms with Crippen molar-refractivity contribution in [1.29, 1.82) is 0 Å². The van der Waals surface area contributed by atoms with E-state index in [-0.39, 0.29) is 5.57 Å². The smallest absolute Gasteiger partial charge is 0.339 e. The van der Waals surface area contributed by atoms with E-state index in [1.54, 1.807) is 12.1 Å². The molecule has 0 aliphatic heterocycles. The number of benzene rings is 2. The van der Waals surface area contributed by atoms with Crippen molar-refractivity contribution in [1.82, 2.24) is 0 Å². The number of esters is 1. The van der Waals surface area contributed by atoms with E-state index in [0.29, 0.717) is 5.56 Å². The van der Waals surface area contributed by atoms with E-state index in [0.717, 1.165) is 17.0 Å². The molecule has 0 saturated carbocycles. The first kappa shape index (κ1) is 14.5. The monoisotopic (exact) mass is 282 g/mol. The van der Waals surface area contributed by atoms with Gasteiger partial charge in [-0.15, -0.1) is 0 Å². The Morgan fingerprint density at radius 1 is 1.14 bits per heavy atom. The second-order valence-corrected chi connectivity index (χ2v) is 4.44. The summed E-state index contributed by atoms with van der Waals surface area (Å²) in [6, 6.07) is 12.7. The minimum atomic E-state index is -1.16. The zero-order valence-corrected chi connectivity index (χ0v) is 11.3. The number of rotatable bonds is 5. The van der Waals surface area contributed by atoms with Crippen molar-refractivity contribution in [2.75, 3.05) is 0 Å². The minimum Gasteiger partial charge on any atom is -0.481 e. The van der Waals surface area contributed by atoms with Gasteiger partial charge < -0.3 is 9.84 Å². The van der Waals surface area contributed by atoms with E-state index in [9.17, 15) is 14.7 Å². The predicted octanol–water partition coefficient (Wildman–Crippen LogP) is 3.25. The van der Waals surface area contributed by atoms with Crippen molar-refractivity contribution in [3.05, 3.63) is 73.0 Å². The van der Waals surface area contributed by atoms with Crippen LogP contribution >= 0.6 is 0 Å². The fraction of sp³-hybridized carbons (Fsp3) is 0.0588. The molecule has 0 spiro atoms. The molecule has 0 aromatic heterocycles. The Bertz CT molecular complexity index is 725. The second kappa shape index (κ2) is 6.05. The van der Waals surface area contributed by atoms with Crippen molar-refractivity contribution in [3.8, 4) is 0 Å². The number of carbonyl (C=O) groups is 2. The first-order valence-electron chi connectivity index (χ1n) is 6.27. The molecule has 0 aliphatic rings. The first-order valence-corrected chi connectivity index (χ1v) is 6.27. The summed E-state index contributed by atoms with van der Waals surface area (Å²) in [6.45, 7) is 6.85. The number of carbonyl (C=O) groups excluding carboxylic acids is 1. The van der Waals surface area contributed by atoms with Gasteiger partial charge in [0.25, 0.3) is 0 Å². The Balaban J connectivity index is 2.56. The third-order valence-electron chi connectivity index (χ3n) is 3.18. The van der Waals surface area contributed by atoms with Crippen LogP contribution in [-0.2, 0) is 14.3 Å². The van der Waals surface area contributed by atoms with Gasteiger partial charge in [-0.3, -0.25) is 4.79 Å². The third kappa shape index (κ3) is 2.84. The molecule has 21 heavy (non-hydrogen) atoms. The molecule has 0 fully saturated rings. The molecule has 0 saturated heterocycles. The maximum atomic E-state index is 11.7. The van der Waals surface area contributed by atoms with E-state index in [2.05, 4.69) is 17.9 Å². The summed E-state index contributed by atoms with van der Waals surface area (Å²) >= 11 is 0. The Hall–Kier alpha value is -2.88. The summed E-state index contributed by atoms with van der Waals surface area (Å²) < 4.78 is 4.63. The van der Waals surface area contributed by atoms with Crippen molar-refractivity contribution in [3.63, 3.8) is 0 Å². The molecular weight excluding hydrogens is 268 g/mol. The van der Waals surface area contributed by atoms with Gasteiger partial charge >= 0.3 is 11.9 Å². The van der Waals surface area contributed by atoms with Crippen LogP contribution in [0.4, 0.5) is 0 Å². The van der Waals surface area contributed by atoms with Crippen LogP contribution in [0.3, 0.4) is 0 Å². The van der Waals surface area contributed by atoms with E-state index >= 15 is 0 Å². The van der Waals surface area contributed by atoms with Crippen molar-refractivity contribution in [2.24, 2.45) is 0 Å². The van der Waals surface area contributed by atoms with E-state index < -0.39 is 17.9 Å². The summed E-state index contributed by atoms with van der Waals surface area (Å²) in [5.41, 5.74) is 0.366. The molecule has 2 aromatic rings. The lowest BCUT2D eigenvalue weighted by Crippen LogP contribution is -2.20. The highest BCUT2D eigenvalue weighted by Gasteiger charge is 2.29. The number of carboxylic acid groups (broad SMARTS) is 1. The van der Waals surface area contributed by atoms with Crippen LogP contribution in [0.15, 0.2) is 67.5 Å². The van der Waals surface area contributed by atoms with Gasteiger partial charge in [0, 0.05) is 5.57 Å². The molecule has 0 radical (unpaired) electrons. The van der Waals surface area contributed by atoms with Gasteiger partial charge in [0.1, 0.15) is 5.92 Å². The van der Waals surface area contributed by atoms with Crippen LogP contribution in [0.2, 0.25) is 0 Å². The molecular formula is C17H14O4. The van der Waals surface area contributed by atoms with Gasteiger partial charge in [-0.05, 0) is 16.3 Å². The molecule has 0 bridgehead atoms. The standard InChI is InChI=1S/C17H14O4/c1-3-21-17(20)11(2)15(16(18)19)14-10-6-8-12-7-4-5-9-13(12)14/h3-10,15H,1-2H2,(H,18,19). The van der Waals surface area contributed by atoms with Gasteiger partial charge in [0.15, 0.2) is 0 Å². The van der Waals surface area contributed by atoms with Crippen LogP contribution in [0.1, 0.15) is 11.5 Å². The SMILES string of the molecule is C=COC(=O)C(=C)C(C(=O)O)c1cccc2ccccc12. The van der Waals surface area contributed by atoms with Crippen molar-refractivity contribution in [2.45, 2.75) is 5.92 Å². The number of hydrogen-bond acceptors (Lipinski definition) is 3. The van der Waals surface area contributed by atoms with Gasteiger partial charge in [-0.25, -0.2) is 4.79 Å². The van der Waals surface area contributed by atoms with Crippen molar-refractivity contribution >= 4 is 22.7 Å². The molecule has 1 unspecified atom stereocenters. The van der Waals surface area contributed by atoms with Gasteiger partial charge in [0.2, 0.25) is 0 Å². The highest BCUT2D eigenvalue weighted by atomic mass is 16.5. The van der Waals surface area contributed by atoms with E-state index in [1.807, 2.05) is 30.3 Å². The topological polar surface area (TPSA) is 63.6 Å². The fourth-order valence-corrected chi connectivity index (χ4v) is 2.24. The molecule has 2 rings (SSSR count). The summed E-state index contributed by atoms with van der Waals surface area (Å²) in [7, 11) is 0. The van der Waals surface area contributed by atoms with Crippen LogP contribution in [-0.4, -0.2) is 17.0 Å². The average molecular weight is 282 g/mol. The van der Waals surface area contributed by atoms with Crippen LogP contribution in [0, 0.1) is 0 Å². The Morgan fingerprint density at radius 3 is 2.48 bits per heavy atom. The Kier molecular flexibility index (Phi) is 4.18. The molecule has 2 aromatic carbocycles. The Labute approximate surface area is 122 Å². The van der Waals surface area contributed by atoms with Crippen LogP contribution in [0.5, 0.6) is 0 Å². The zero-order chi connectivity index (χ0) is 15.4. The minimum absolute atomic E-state index is 0.140. The maximum absolute atomic E-state index is 11.7. The number of carboxylic acids is 1. The number of ether oxygens (including phenoxy) is 1. The number of fused-ring (bicyclic) bond motifs is 1. The molecule has 4 nitrogen and oxygen atoms in total. The van der Waals surface area contributed by atoms with E-state index in [4.69, 9.17) is 0 Å². The largest absolute Gasteiger partial charge is 0.481 e. The zero-order valence-electron chi connectivity index (χ0n) is 11.3. The highest BCUT2D eigenvalue weighted by molar-refractivity contribution is 6.01. The lowest BCUT2D eigenvalue weighted by molar-refractivity contribution is -0.141. The molecule has 106 valence electrons. The summed E-state index contributed by atoms with van der Waals surface area (Å²) in [4.78, 5) is 23.3. The summed E-state index contributed by atoms with van der Waals surface area (Å²) in [5, 5.41) is 11.1. The lowest BCUT2D eigenvalue weighted by Gasteiger charge is -2.16. The molecule has 0 amide bonds. The van der Waals surface area contributed by atoms with E-state index in [1.165, 1.54) is 0 Å². The van der Waals surface area contributed by atoms with Gasteiger partial charge in [-0.1, -0.05) is 55.6 Å². The Morgan fingerprint density at radius 2 is 1.81 bits per heavy atom. The second-order valence-electron chi connectivity index (χ2n) is 4.44. The fourth-order valence-electron chi connectivity index (χ4n) is 2.24. The highest BCUT2D eigenvalue weighted by Crippen LogP contribution is 2.31. The van der Waals surface area contributed by atoms with Crippen LogP contribution < -0.4 is 0 Å². The molecule has 0 heterocycles. The normalized spacial score (nSPS) is 11.6. The predicted molar refractivity (Wildman–Crippen MR) is 79.8 cm³/mol. The maximum Gasteiger partial charge on any atom is 0.339 e. The summed E-state index contributed by atoms with van der Waals surface area (Å²) in [6.07, 6.45) is 0.954. The molecule has 4 heteroatoms. The molecule has 1 atom stereocenters. The number of aliphatic carboxylic acids is 1. The number of hydrogen-bond donors (Lipinski definition) is 1. The van der Waals surface area contributed by atoms with Gasteiger partial charge in [0.05, 0.1) is 6.26 Å². The molecule has 1 N–H and O–H groups in total. The molecule has 0 aliphatic carbocycles. The van der Waals surface area contributed by atoms with Gasteiger partial charge in [-0.2, -0.15) is 0 Å². The summed E-state index contributed by atoms with van der Waals surface area (Å²) in [5.74, 6) is -3.12. The van der Waals surface area contributed by atoms with Crippen molar-refractivity contribution < 1.29 is 19.4 Å². The quantitative estimate of drug-likeness (QED) is 0.519.